The Labute approximate surface area is 200 Å². The van der Waals surface area contributed by atoms with E-state index in [1.54, 1.807) is 16.6 Å². The number of carbonyl (C=O) groups excluding carboxylic acids is 1. The van der Waals surface area contributed by atoms with Crippen LogP contribution >= 0.6 is 23.1 Å². The maximum atomic E-state index is 13.3. The van der Waals surface area contributed by atoms with Crippen LogP contribution in [-0.2, 0) is 11.3 Å². The SMILES string of the molecule is CCN(C(=O)CSc1nc2ccsc2c(=O)n1Cc1ccccc1OC)c1cccc(C)c1. The summed E-state index contributed by atoms with van der Waals surface area (Å²) >= 11 is 2.66. The number of nitrogens with zero attached hydrogens (tertiary/aromatic N) is 3. The van der Waals surface area contributed by atoms with Crippen LogP contribution in [0.4, 0.5) is 5.69 Å². The van der Waals surface area contributed by atoms with Crippen molar-refractivity contribution in [3.05, 3.63) is 81.5 Å². The summed E-state index contributed by atoms with van der Waals surface area (Å²) in [6.45, 7) is 4.84. The van der Waals surface area contributed by atoms with E-state index in [9.17, 15) is 9.59 Å². The molecule has 4 aromatic rings. The van der Waals surface area contributed by atoms with Gasteiger partial charge in [0, 0.05) is 17.8 Å². The van der Waals surface area contributed by atoms with Gasteiger partial charge in [-0.3, -0.25) is 14.2 Å². The van der Waals surface area contributed by atoms with Crippen LogP contribution in [0.2, 0.25) is 0 Å². The number of fused-ring (bicyclic) bond motifs is 1. The van der Waals surface area contributed by atoms with E-state index in [4.69, 9.17) is 9.72 Å². The summed E-state index contributed by atoms with van der Waals surface area (Å²) in [5, 5.41) is 2.38. The van der Waals surface area contributed by atoms with Gasteiger partial charge in [0.05, 0.1) is 24.9 Å². The van der Waals surface area contributed by atoms with Crippen molar-refractivity contribution in [3.8, 4) is 5.75 Å². The van der Waals surface area contributed by atoms with Gasteiger partial charge in [-0.05, 0) is 49.1 Å². The first-order chi connectivity index (χ1) is 16.0. The molecule has 0 unspecified atom stereocenters. The third-order valence-corrected chi connectivity index (χ3v) is 7.16. The fourth-order valence-electron chi connectivity index (χ4n) is 3.68. The van der Waals surface area contributed by atoms with Gasteiger partial charge in [-0.15, -0.1) is 11.3 Å². The first-order valence-electron chi connectivity index (χ1n) is 10.6. The van der Waals surface area contributed by atoms with E-state index in [-0.39, 0.29) is 17.2 Å². The number of aryl methyl sites for hydroxylation is 1. The maximum absolute atomic E-state index is 13.3. The lowest BCUT2D eigenvalue weighted by atomic mass is 10.2. The zero-order chi connectivity index (χ0) is 23.4. The molecule has 170 valence electrons. The molecular formula is C25H25N3O3S2. The van der Waals surface area contributed by atoms with Crippen LogP contribution in [0, 0.1) is 6.92 Å². The van der Waals surface area contributed by atoms with Crippen molar-refractivity contribution in [1.29, 1.82) is 0 Å². The smallest absolute Gasteiger partial charge is 0.272 e. The standard InChI is InChI=1S/C25H25N3O3S2/c1-4-27(19-10-7-8-17(2)14-19)22(29)16-33-25-26-20-12-13-32-23(20)24(30)28(25)15-18-9-5-6-11-21(18)31-3/h5-14H,4,15-16H2,1-3H3. The number of anilines is 1. The lowest BCUT2D eigenvalue weighted by molar-refractivity contribution is -0.116. The van der Waals surface area contributed by atoms with E-state index in [1.165, 1.54) is 23.1 Å². The molecule has 0 aliphatic carbocycles. The molecule has 2 aromatic heterocycles. The molecule has 1 amide bonds. The molecule has 4 rings (SSSR count). The van der Waals surface area contributed by atoms with Crippen molar-refractivity contribution in [1.82, 2.24) is 9.55 Å². The highest BCUT2D eigenvalue weighted by molar-refractivity contribution is 7.99. The third-order valence-electron chi connectivity index (χ3n) is 5.31. The van der Waals surface area contributed by atoms with E-state index >= 15 is 0 Å². The molecule has 33 heavy (non-hydrogen) atoms. The number of benzene rings is 2. The molecule has 0 spiro atoms. The summed E-state index contributed by atoms with van der Waals surface area (Å²) in [6, 6.07) is 17.3. The molecule has 6 nitrogen and oxygen atoms in total. The lowest BCUT2D eigenvalue weighted by Crippen LogP contribution is -2.32. The molecule has 0 atom stereocenters. The molecule has 0 bridgehead atoms. The first-order valence-corrected chi connectivity index (χ1v) is 12.5. The summed E-state index contributed by atoms with van der Waals surface area (Å²) in [5.74, 6) is 0.853. The van der Waals surface area contributed by atoms with Crippen LogP contribution in [0.5, 0.6) is 5.75 Å². The van der Waals surface area contributed by atoms with Crippen molar-refractivity contribution < 1.29 is 9.53 Å². The molecule has 0 radical (unpaired) electrons. The molecule has 0 fully saturated rings. The average molecular weight is 480 g/mol. The molecule has 2 aromatic carbocycles. The van der Waals surface area contributed by atoms with Crippen molar-refractivity contribution >= 4 is 44.9 Å². The minimum Gasteiger partial charge on any atom is -0.496 e. The predicted octanol–water partition coefficient (Wildman–Crippen LogP) is 4.97. The lowest BCUT2D eigenvalue weighted by Gasteiger charge is -2.21. The zero-order valence-electron chi connectivity index (χ0n) is 18.8. The second-order valence-corrected chi connectivity index (χ2v) is 9.36. The minimum absolute atomic E-state index is 0.0309. The molecular weight excluding hydrogens is 454 g/mol. The first kappa shape index (κ1) is 23.1. The van der Waals surface area contributed by atoms with Crippen molar-refractivity contribution in [3.63, 3.8) is 0 Å². The molecule has 0 aliphatic rings. The number of thiophene rings is 1. The van der Waals surface area contributed by atoms with Gasteiger partial charge >= 0.3 is 0 Å². The van der Waals surface area contributed by atoms with Gasteiger partial charge in [0.2, 0.25) is 5.91 Å². The van der Waals surface area contributed by atoms with Crippen LogP contribution < -0.4 is 15.2 Å². The summed E-state index contributed by atoms with van der Waals surface area (Å²) in [7, 11) is 1.61. The number of amides is 1. The Morgan fingerprint density at radius 3 is 2.76 bits per heavy atom. The maximum Gasteiger partial charge on any atom is 0.272 e. The number of para-hydroxylation sites is 1. The Balaban J connectivity index is 1.65. The van der Waals surface area contributed by atoms with Crippen LogP contribution in [0.15, 0.2) is 69.9 Å². The predicted molar refractivity (Wildman–Crippen MR) is 136 cm³/mol. The van der Waals surface area contributed by atoms with E-state index in [1.807, 2.05) is 73.8 Å². The number of carbonyl (C=O) groups is 1. The van der Waals surface area contributed by atoms with E-state index < -0.39 is 0 Å². The highest BCUT2D eigenvalue weighted by Gasteiger charge is 2.19. The number of methoxy groups -OCH3 is 1. The Hall–Kier alpha value is -3.10. The Bertz CT molecular complexity index is 1350. The normalized spacial score (nSPS) is 11.0. The van der Waals surface area contributed by atoms with Crippen LogP contribution in [0.25, 0.3) is 10.2 Å². The van der Waals surface area contributed by atoms with Gasteiger partial charge in [-0.1, -0.05) is 42.1 Å². The molecule has 2 heterocycles. The number of rotatable bonds is 8. The Kier molecular flexibility index (Phi) is 7.15. The highest BCUT2D eigenvalue weighted by atomic mass is 32.2. The number of hydrogen-bond donors (Lipinski definition) is 0. The van der Waals surface area contributed by atoms with Gasteiger partial charge < -0.3 is 9.64 Å². The van der Waals surface area contributed by atoms with Gasteiger partial charge in [-0.2, -0.15) is 0 Å². The highest BCUT2D eigenvalue weighted by Crippen LogP contribution is 2.25. The number of hydrogen-bond acceptors (Lipinski definition) is 6. The molecule has 0 saturated heterocycles. The van der Waals surface area contributed by atoms with E-state index in [2.05, 4.69) is 0 Å². The van der Waals surface area contributed by atoms with Crippen molar-refractivity contribution in [2.24, 2.45) is 0 Å². The summed E-state index contributed by atoms with van der Waals surface area (Å²) < 4.78 is 7.72. The van der Waals surface area contributed by atoms with E-state index in [0.717, 1.165) is 16.8 Å². The zero-order valence-corrected chi connectivity index (χ0v) is 20.4. The fourth-order valence-corrected chi connectivity index (χ4v) is 5.33. The van der Waals surface area contributed by atoms with Gasteiger partial charge in [0.25, 0.3) is 5.56 Å². The Morgan fingerprint density at radius 2 is 2.00 bits per heavy atom. The number of ether oxygens (including phenoxy) is 1. The average Bonchev–Trinajstić information content (AvgIpc) is 3.29. The second-order valence-electron chi connectivity index (χ2n) is 7.50. The summed E-state index contributed by atoms with van der Waals surface area (Å²) in [4.78, 5) is 32.9. The summed E-state index contributed by atoms with van der Waals surface area (Å²) in [5.41, 5.74) is 3.39. The molecule has 0 N–H and O–H groups in total. The number of aromatic nitrogens is 2. The monoisotopic (exact) mass is 479 g/mol. The minimum atomic E-state index is -0.109. The molecule has 0 aliphatic heterocycles. The second kappa shape index (κ2) is 10.2. The van der Waals surface area contributed by atoms with Crippen molar-refractivity contribution in [2.75, 3.05) is 24.3 Å². The van der Waals surface area contributed by atoms with E-state index in [0.29, 0.717) is 34.2 Å². The largest absolute Gasteiger partial charge is 0.496 e. The molecule has 0 saturated carbocycles. The number of thioether (sulfide) groups is 1. The van der Waals surface area contributed by atoms with Gasteiger partial charge in [-0.25, -0.2) is 4.98 Å². The molecule has 8 heteroatoms. The van der Waals surface area contributed by atoms with Crippen LogP contribution in [0.3, 0.4) is 0 Å². The summed E-state index contributed by atoms with van der Waals surface area (Å²) in [6.07, 6.45) is 0. The van der Waals surface area contributed by atoms with Gasteiger partial charge in [0.15, 0.2) is 5.16 Å². The Morgan fingerprint density at radius 1 is 1.18 bits per heavy atom. The fraction of sp³-hybridized carbons (Fsp3) is 0.240. The van der Waals surface area contributed by atoms with Crippen molar-refractivity contribution in [2.45, 2.75) is 25.5 Å². The van der Waals surface area contributed by atoms with Crippen LogP contribution in [0.1, 0.15) is 18.1 Å². The van der Waals surface area contributed by atoms with Crippen LogP contribution in [-0.4, -0.2) is 34.9 Å². The quantitative estimate of drug-likeness (QED) is 0.264. The van der Waals surface area contributed by atoms with Gasteiger partial charge in [0.1, 0.15) is 10.4 Å². The third kappa shape index (κ3) is 4.96. The topological polar surface area (TPSA) is 64.4 Å².